The first kappa shape index (κ1) is 11.9. The van der Waals surface area contributed by atoms with E-state index < -0.39 is 0 Å². The van der Waals surface area contributed by atoms with Gasteiger partial charge in [0.25, 0.3) is 0 Å². The molecule has 0 aromatic carbocycles. The lowest BCUT2D eigenvalue weighted by Crippen LogP contribution is -2.08. The summed E-state index contributed by atoms with van der Waals surface area (Å²) in [5.74, 6) is 2.49. The second-order valence-corrected chi connectivity index (χ2v) is 4.52. The molecule has 2 aromatic rings. The van der Waals surface area contributed by atoms with Gasteiger partial charge in [-0.05, 0) is 35.7 Å². The Labute approximate surface area is 105 Å². The monoisotopic (exact) mass is 248 g/mol. The lowest BCUT2D eigenvalue weighted by Gasteiger charge is -2.07. The SMILES string of the molecule is CNc1cc(NCCc2ccsc2)nc(C)n1. The molecular weight excluding hydrogens is 232 g/mol. The normalized spacial score (nSPS) is 10.2. The van der Waals surface area contributed by atoms with Crippen molar-refractivity contribution in [1.82, 2.24) is 9.97 Å². The predicted octanol–water partition coefficient (Wildman–Crippen LogP) is 2.54. The minimum atomic E-state index is 0.773. The standard InChI is InChI=1S/C12H16N4S/c1-9-15-11(13-2)7-12(16-9)14-5-3-10-4-6-17-8-10/h4,6-8H,3,5H2,1-2H3,(H2,13,14,15,16). The van der Waals surface area contributed by atoms with E-state index in [0.717, 1.165) is 30.4 Å². The number of aromatic nitrogens is 2. The Morgan fingerprint density at radius 3 is 2.82 bits per heavy atom. The van der Waals surface area contributed by atoms with Crippen molar-refractivity contribution in [3.8, 4) is 0 Å². The summed E-state index contributed by atoms with van der Waals surface area (Å²) >= 11 is 1.73. The maximum Gasteiger partial charge on any atom is 0.131 e. The van der Waals surface area contributed by atoms with Crippen LogP contribution in [0, 0.1) is 6.92 Å². The van der Waals surface area contributed by atoms with Gasteiger partial charge in [-0.1, -0.05) is 0 Å². The fourth-order valence-electron chi connectivity index (χ4n) is 1.56. The second-order valence-electron chi connectivity index (χ2n) is 3.74. The Hall–Kier alpha value is -1.62. The molecule has 0 saturated heterocycles. The first-order chi connectivity index (χ1) is 8.28. The third-order valence-corrected chi connectivity index (χ3v) is 3.13. The summed E-state index contributed by atoms with van der Waals surface area (Å²) in [7, 11) is 1.86. The molecule has 2 rings (SSSR count). The Morgan fingerprint density at radius 1 is 1.29 bits per heavy atom. The van der Waals surface area contributed by atoms with Crippen LogP contribution in [0.5, 0.6) is 0 Å². The lowest BCUT2D eigenvalue weighted by molar-refractivity contribution is 0.985. The van der Waals surface area contributed by atoms with Crippen LogP contribution >= 0.6 is 11.3 Å². The van der Waals surface area contributed by atoms with Gasteiger partial charge in [0.2, 0.25) is 0 Å². The van der Waals surface area contributed by atoms with Crippen LogP contribution in [0.1, 0.15) is 11.4 Å². The number of aryl methyl sites for hydroxylation is 1. The van der Waals surface area contributed by atoms with E-state index in [1.165, 1.54) is 5.56 Å². The van der Waals surface area contributed by atoms with Crippen LogP contribution in [0.15, 0.2) is 22.9 Å². The molecule has 0 aliphatic carbocycles. The highest BCUT2D eigenvalue weighted by Crippen LogP contribution is 2.11. The van der Waals surface area contributed by atoms with Crippen molar-refractivity contribution in [3.63, 3.8) is 0 Å². The molecule has 4 nitrogen and oxygen atoms in total. The Kier molecular flexibility index (Phi) is 3.93. The molecule has 0 atom stereocenters. The molecule has 0 saturated carbocycles. The average Bonchev–Trinajstić information content (AvgIpc) is 2.81. The van der Waals surface area contributed by atoms with Gasteiger partial charge < -0.3 is 10.6 Å². The molecule has 2 N–H and O–H groups in total. The van der Waals surface area contributed by atoms with Crippen LogP contribution in [0.2, 0.25) is 0 Å². The zero-order chi connectivity index (χ0) is 12.1. The maximum absolute atomic E-state index is 4.34. The number of hydrogen-bond acceptors (Lipinski definition) is 5. The average molecular weight is 248 g/mol. The highest BCUT2D eigenvalue weighted by molar-refractivity contribution is 7.07. The molecule has 0 aliphatic heterocycles. The third kappa shape index (κ3) is 3.42. The minimum absolute atomic E-state index is 0.773. The molecule has 0 fully saturated rings. The fourth-order valence-corrected chi connectivity index (χ4v) is 2.26. The number of hydrogen-bond donors (Lipinski definition) is 2. The first-order valence-corrected chi connectivity index (χ1v) is 6.50. The predicted molar refractivity (Wildman–Crippen MR) is 72.8 cm³/mol. The number of thiophene rings is 1. The van der Waals surface area contributed by atoms with Gasteiger partial charge in [0.05, 0.1) is 0 Å². The van der Waals surface area contributed by atoms with E-state index >= 15 is 0 Å². The summed E-state index contributed by atoms with van der Waals surface area (Å²) in [4.78, 5) is 8.59. The number of rotatable bonds is 5. The molecule has 0 aliphatic rings. The number of nitrogens with zero attached hydrogens (tertiary/aromatic N) is 2. The van der Waals surface area contributed by atoms with Crippen molar-refractivity contribution in [1.29, 1.82) is 0 Å². The highest BCUT2D eigenvalue weighted by atomic mass is 32.1. The first-order valence-electron chi connectivity index (χ1n) is 5.56. The van der Waals surface area contributed by atoms with Crippen molar-refractivity contribution in [2.24, 2.45) is 0 Å². The minimum Gasteiger partial charge on any atom is -0.373 e. The molecule has 0 unspecified atom stereocenters. The van der Waals surface area contributed by atoms with Crippen LogP contribution in [0.4, 0.5) is 11.6 Å². The third-order valence-electron chi connectivity index (χ3n) is 2.39. The van der Waals surface area contributed by atoms with Crippen molar-refractivity contribution >= 4 is 23.0 Å². The van der Waals surface area contributed by atoms with E-state index in [-0.39, 0.29) is 0 Å². The van der Waals surface area contributed by atoms with E-state index in [4.69, 9.17) is 0 Å². The zero-order valence-electron chi connectivity index (χ0n) is 10.0. The topological polar surface area (TPSA) is 49.8 Å². The van der Waals surface area contributed by atoms with E-state index in [1.807, 2.05) is 20.0 Å². The largest absolute Gasteiger partial charge is 0.373 e. The Morgan fingerprint density at radius 2 is 2.12 bits per heavy atom. The number of nitrogens with one attached hydrogen (secondary N) is 2. The Balaban J connectivity index is 1.92. The molecule has 2 aromatic heterocycles. The van der Waals surface area contributed by atoms with Gasteiger partial charge in [0.1, 0.15) is 17.5 Å². The van der Waals surface area contributed by atoms with E-state index in [2.05, 4.69) is 37.4 Å². The van der Waals surface area contributed by atoms with Crippen molar-refractivity contribution in [3.05, 3.63) is 34.3 Å². The van der Waals surface area contributed by atoms with Gasteiger partial charge in [-0.15, -0.1) is 0 Å². The smallest absolute Gasteiger partial charge is 0.131 e. The van der Waals surface area contributed by atoms with Gasteiger partial charge >= 0.3 is 0 Å². The maximum atomic E-state index is 4.34. The van der Waals surface area contributed by atoms with E-state index in [0.29, 0.717) is 0 Å². The second kappa shape index (κ2) is 5.63. The summed E-state index contributed by atoms with van der Waals surface area (Å²) in [6.07, 6.45) is 1.02. The highest BCUT2D eigenvalue weighted by Gasteiger charge is 2.00. The van der Waals surface area contributed by atoms with Gasteiger partial charge in [0, 0.05) is 19.7 Å². The van der Waals surface area contributed by atoms with Crippen LogP contribution in [-0.4, -0.2) is 23.6 Å². The van der Waals surface area contributed by atoms with Crippen molar-refractivity contribution < 1.29 is 0 Å². The molecule has 0 radical (unpaired) electrons. The summed E-state index contributed by atoms with van der Waals surface area (Å²) in [5, 5.41) is 10.6. The summed E-state index contributed by atoms with van der Waals surface area (Å²) in [6, 6.07) is 4.07. The van der Waals surface area contributed by atoms with Crippen LogP contribution in [0.25, 0.3) is 0 Å². The molecule has 0 bridgehead atoms. The number of anilines is 2. The van der Waals surface area contributed by atoms with Gasteiger partial charge in [-0.2, -0.15) is 11.3 Å². The molecule has 2 heterocycles. The van der Waals surface area contributed by atoms with Gasteiger partial charge in [0.15, 0.2) is 0 Å². The van der Waals surface area contributed by atoms with Crippen LogP contribution < -0.4 is 10.6 Å². The van der Waals surface area contributed by atoms with Crippen molar-refractivity contribution in [2.45, 2.75) is 13.3 Å². The van der Waals surface area contributed by atoms with Gasteiger partial charge in [-0.3, -0.25) is 0 Å². The van der Waals surface area contributed by atoms with E-state index in [9.17, 15) is 0 Å². The lowest BCUT2D eigenvalue weighted by atomic mass is 10.2. The molecule has 90 valence electrons. The molecular formula is C12H16N4S. The summed E-state index contributed by atoms with van der Waals surface area (Å²) < 4.78 is 0. The van der Waals surface area contributed by atoms with Crippen molar-refractivity contribution in [2.75, 3.05) is 24.2 Å². The van der Waals surface area contributed by atoms with E-state index in [1.54, 1.807) is 11.3 Å². The molecule has 0 spiro atoms. The van der Waals surface area contributed by atoms with Gasteiger partial charge in [-0.25, -0.2) is 9.97 Å². The summed E-state index contributed by atoms with van der Waals surface area (Å²) in [6.45, 7) is 2.78. The zero-order valence-corrected chi connectivity index (χ0v) is 10.8. The molecule has 17 heavy (non-hydrogen) atoms. The summed E-state index contributed by atoms with van der Waals surface area (Å²) in [5.41, 5.74) is 1.36. The van der Waals surface area contributed by atoms with Crippen LogP contribution in [-0.2, 0) is 6.42 Å². The quantitative estimate of drug-likeness (QED) is 0.853. The molecule has 5 heteroatoms. The molecule has 0 amide bonds. The fraction of sp³-hybridized carbons (Fsp3) is 0.333. The Bertz CT molecular complexity index is 467. The van der Waals surface area contributed by atoms with Crippen LogP contribution in [0.3, 0.4) is 0 Å².